The number of hydrogen-bond donors (Lipinski definition) is 4. The molecule has 0 unspecified atom stereocenters. The average Bonchev–Trinajstić information content (AvgIpc) is 2.14. The van der Waals surface area contributed by atoms with Gasteiger partial charge in [-0.2, -0.15) is 0 Å². The number of rotatable bonds is 4. The molecule has 0 amide bonds. The van der Waals surface area contributed by atoms with E-state index in [1.807, 2.05) is 13.8 Å². The van der Waals surface area contributed by atoms with E-state index in [0.29, 0.717) is 0 Å². The molecule has 0 atom stereocenters. The van der Waals surface area contributed by atoms with Crippen LogP contribution in [0.3, 0.4) is 0 Å². The Labute approximate surface area is 94.8 Å². The van der Waals surface area contributed by atoms with Gasteiger partial charge in [0.05, 0.1) is 26.1 Å². The summed E-state index contributed by atoms with van der Waals surface area (Å²) in [5.41, 5.74) is 1.17. The molecule has 0 radical (unpaired) electrons. The first kappa shape index (κ1) is 20.1. The molecular weight excluding hydrogens is 216 g/mol. The maximum atomic E-state index is 9.64. The standard InChI is InChI=1S/C4H6O4.C4H8.C2H6O2/c5-3(6)1-2-4(7)8;1-4(2)3;3-1-2-4/h1-2H2,(H,5,6)(H,7,8);1H2,2-3H3;3-4H,1-2H2. The van der Waals surface area contributed by atoms with Crippen molar-refractivity contribution in [2.75, 3.05) is 13.2 Å². The zero-order valence-electron chi connectivity index (χ0n) is 9.64. The van der Waals surface area contributed by atoms with E-state index in [1.165, 1.54) is 5.57 Å². The van der Waals surface area contributed by atoms with Gasteiger partial charge in [0.15, 0.2) is 0 Å². The summed E-state index contributed by atoms with van der Waals surface area (Å²) in [6.07, 6.45) is -0.593. The SMILES string of the molecule is C=C(C)C.O=C(O)CCC(=O)O.OCCO. The number of aliphatic hydroxyl groups is 2. The van der Waals surface area contributed by atoms with Crippen LogP contribution in [-0.4, -0.2) is 45.6 Å². The largest absolute Gasteiger partial charge is 0.481 e. The lowest BCUT2D eigenvalue weighted by molar-refractivity contribution is -0.143. The number of allylic oxidation sites excluding steroid dienone is 1. The van der Waals surface area contributed by atoms with E-state index >= 15 is 0 Å². The third kappa shape index (κ3) is 80.1. The quantitative estimate of drug-likeness (QED) is 0.528. The minimum absolute atomic E-state index is 0.125. The fraction of sp³-hybridized carbons (Fsp3) is 0.600. The van der Waals surface area contributed by atoms with Gasteiger partial charge in [-0.3, -0.25) is 9.59 Å². The number of hydrogen-bond acceptors (Lipinski definition) is 4. The predicted molar refractivity (Wildman–Crippen MR) is 59.2 cm³/mol. The Balaban J connectivity index is -0.000000179. The highest BCUT2D eigenvalue weighted by atomic mass is 16.4. The second kappa shape index (κ2) is 16.0. The van der Waals surface area contributed by atoms with Crippen molar-refractivity contribution in [3.05, 3.63) is 12.2 Å². The minimum atomic E-state index is -1.08. The van der Waals surface area contributed by atoms with E-state index in [2.05, 4.69) is 6.58 Å². The van der Waals surface area contributed by atoms with Crippen LogP contribution >= 0.6 is 0 Å². The van der Waals surface area contributed by atoms with E-state index in [0.717, 1.165) is 0 Å². The van der Waals surface area contributed by atoms with Gasteiger partial charge in [0.1, 0.15) is 0 Å². The fourth-order valence-corrected chi connectivity index (χ4v) is 0.214. The topological polar surface area (TPSA) is 115 Å². The molecule has 96 valence electrons. The number of carboxylic acid groups (broad SMARTS) is 2. The molecule has 0 aromatic rings. The van der Waals surface area contributed by atoms with Crippen molar-refractivity contribution >= 4 is 11.9 Å². The molecule has 0 aliphatic heterocycles. The molecule has 16 heavy (non-hydrogen) atoms. The second-order valence-electron chi connectivity index (χ2n) is 2.94. The van der Waals surface area contributed by atoms with Crippen molar-refractivity contribution in [3.8, 4) is 0 Å². The Kier molecular flexibility index (Phi) is 20.1. The third-order valence-electron chi connectivity index (χ3n) is 0.653. The van der Waals surface area contributed by atoms with Crippen LogP contribution in [0.2, 0.25) is 0 Å². The minimum Gasteiger partial charge on any atom is -0.481 e. The third-order valence-corrected chi connectivity index (χ3v) is 0.653. The zero-order chi connectivity index (χ0) is 13.6. The molecule has 0 aliphatic rings. The summed E-state index contributed by atoms with van der Waals surface area (Å²) >= 11 is 0. The maximum Gasteiger partial charge on any atom is 0.303 e. The molecule has 0 rings (SSSR count). The van der Waals surface area contributed by atoms with Crippen LogP contribution in [-0.2, 0) is 9.59 Å². The highest BCUT2D eigenvalue weighted by molar-refractivity contribution is 5.75. The summed E-state index contributed by atoms with van der Waals surface area (Å²) in [6, 6.07) is 0. The summed E-state index contributed by atoms with van der Waals surface area (Å²) < 4.78 is 0. The first-order valence-electron chi connectivity index (χ1n) is 4.55. The van der Waals surface area contributed by atoms with Crippen LogP contribution < -0.4 is 0 Å². The van der Waals surface area contributed by atoms with Crippen molar-refractivity contribution in [2.45, 2.75) is 26.7 Å². The Bertz CT molecular complexity index is 179. The van der Waals surface area contributed by atoms with E-state index < -0.39 is 11.9 Å². The van der Waals surface area contributed by atoms with Crippen molar-refractivity contribution in [3.63, 3.8) is 0 Å². The molecule has 0 saturated heterocycles. The summed E-state index contributed by atoms with van der Waals surface area (Å²) in [5.74, 6) is -2.15. The van der Waals surface area contributed by atoms with Crippen molar-refractivity contribution in [1.82, 2.24) is 0 Å². The van der Waals surface area contributed by atoms with Gasteiger partial charge in [-0.25, -0.2) is 0 Å². The summed E-state index contributed by atoms with van der Waals surface area (Å²) in [6.45, 7) is 7.25. The van der Waals surface area contributed by atoms with Crippen LogP contribution in [0.5, 0.6) is 0 Å². The van der Waals surface area contributed by atoms with Crippen molar-refractivity contribution in [2.24, 2.45) is 0 Å². The Morgan fingerprint density at radius 3 is 1.19 bits per heavy atom. The molecule has 0 aromatic heterocycles. The zero-order valence-corrected chi connectivity index (χ0v) is 9.64. The first-order valence-corrected chi connectivity index (χ1v) is 4.55. The summed E-state index contributed by atoms with van der Waals surface area (Å²) in [7, 11) is 0. The molecule has 0 aromatic carbocycles. The molecule has 0 spiro atoms. The van der Waals surface area contributed by atoms with Gasteiger partial charge in [0, 0.05) is 0 Å². The number of aliphatic carboxylic acids is 2. The van der Waals surface area contributed by atoms with Gasteiger partial charge in [-0.15, -0.1) is 6.58 Å². The van der Waals surface area contributed by atoms with Crippen LogP contribution in [0, 0.1) is 0 Å². The smallest absolute Gasteiger partial charge is 0.303 e. The normalized spacial score (nSPS) is 7.75. The summed E-state index contributed by atoms with van der Waals surface area (Å²) in [4.78, 5) is 19.3. The molecule has 0 saturated carbocycles. The fourth-order valence-electron chi connectivity index (χ4n) is 0.214. The van der Waals surface area contributed by atoms with Crippen molar-refractivity contribution < 1.29 is 30.0 Å². The Morgan fingerprint density at radius 1 is 0.938 bits per heavy atom. The Morgan fingerprint density at radius 2 is 1.12 bits per heavy atom. The van der Waals surface area contributed by atoms with Gasteiger partial charge in [-0.05, 0) is 13.8 Å². The number of carbonyl (C=O) groups is 2. The molecule has 0 fully saturated rings. The summed E-state index contributed by atoms with van der Waals surface area (Å²) in [5, 5.41) is 31.0. The number of carboxylic acids is 2. The second-order valence-corrected chi connectivity index (χ2v) is 2.94. The van der Waals surface area contributed by atoms with E-state index in [1.54, 1.807) is 0 Å². The van der Waals surface area contributed by atoms with Gasteiger partial charge in [-0.1, -0.05) is 5.57 Å². The van der Waals surface area contributed by atoms with Crippen LogP contribution in [0.4, 0.5) is 0 Å². The lowest BCUT2D eigenvalue weighted by Crippen LogP contribution is -2.00. The van der Waals surface area contributed by atoms with Crippen LogP contribution in [0.25, 0.3) is 0 Å². The maximum absolute atomic E-state index is 9.64. The molecular formula is C10H20O6. The molecule has 6 heteroatoms. The molecule has 0 bridgehead atoms. The highest BCUT2D eigenvalue weighted by Gasteiger charge is 2.00. The highest BCUT2D eigenvalue weighted by Crippen LogP contribution is 1.86. The van der Waals surface area contributed by atoms with Gasteiger partial charge in [0.2, 0.25) is 0 Å². The van der Waals surface area contributed by atoms with Crippen LogP contribution in [0.1, 0.15) is 26.7 Å². The molecule has 0 aliphatic carbocycles. The van der Waals surface area contributed by atoms with Gasteiger partial charge in [0.25, 0.3) is 0 Å². The van der Waals surface area contributed by atoms with Crippen LogP contribution in [0.15, 0.2) is 12.2 Å². The molecule has 6 nitrogen and oxygen atoms in total. The lowest BCUT2D eigenvalue weighted by Gasteiger charge is -1.85. The average molecular weight is 236 g/mol. The molecule has 0 heterocycles. The monoisotopic (exact) mass is 236 g/mol. The van der Waals surface area contributed by atoms with E-state index in [9.17, 15) is 9.59 Å². The number of aliphatic hydroxyl groups excluding tert-OH is 2. The van der Waals surface area contributed by atoms with Crippen molar-refractivity contribution in [1.29, 1.82) is 0 Å². The molecule has 4 N–H and O–H groups in total. The predicted octanol–water partition coefficient (Wildman–Crippen LogP) is 0.489. The van der Waals surface area contributed by atoms with E-state index in [-0.39, 0.29) is 26.1 Å². The lowest BCUT2D eigenvalue weighted by atomic mass is 10.3. The van der Waals surface area contributed by atoms with Gasteiger partial charge >= 0.3 is 11.9 Å². The first-order chi connectivity index (χ1) is 7.27. The Hall–Kier alpha value is -1.40. The van der Waals surface area contributed by atoms with Gasteiger partial charge < -0.3 is 20.4 Å². The van der Waals surface area contributed by atoms with E-state index in [4.69, 9.17) is 20.4 Å².